The SMILES string of the molecule is COc1cc2c(cc1CN(C)[C@@H]1COC[C@@H](OC)[C@H]1OC)OCO2. The number of fused-ring (bicyclic) bond motifs is 1. The van der Waals surface area contributed by atoms with E-state index in [4.69, 9.17) is 28.4 Å². The molecule has 0 bridgehead atoms. The summed E-state index contributed by atoms with van der Waals surface area (Å²) in [5.74, 6) is 2.24. The third kappa shape index (κ3) is 3.30. The Labute approximate surface area is 142 Å². The monoisotopic (exact) mass is 339 g/mol. The molecule has 1 saturated heterocycles. The van der Waals surface area contributed by atoms with Crippen LogP contribution >= 0.6 is 0 Å². The van der Waals surface area contributed by atoms with Gasteiger partial charge in [0.05, 0.1) is 26.4 Å². The molecule has 1 aromatic carbocycles. The van der Waals surface area contributed by atoms with Gasteiger partial charge in [0.15, 0.2) is 11.5 Å². The maximum absolute atomic E-state index is 5.68. The highest BCUT2D eigenvalue weighted by molar-refractivity contribution is 5.51. The summed E-state index contributed by atoms with van der Waals surface area (Å²) in [6.45, 7) is 2.06. The van der Waals surface area contributed by atoms with Gasteiger partial charge in [0.2, 0.25) is 6.79 Å². The molecule has 24 heavy (non-hydrogen) atoms. The smallest absolute Gasteiger partial charge is 0.231 e. The molecule has 3 atom stereocenters. The van der Waals surface area contributed by atoms with Gasteiger partial charge in [-0.2, -0.15) is 0 Å². The highest BCUT2D eigenvalue weighted by Gasteiger charge is 2.37. The number of rotatable bonds is 6. The molecule has 0 spiro atoms. The van der Waals surface area contributed by atoms with Crippen LogP contribution in [0.2, 0.25) is 0 Å². The highest BCUT2D eigenvalue weighted by Crippen LogP contribution is 2.38. The second-order valence-electron chi connectivity index (χ2n) is 6.01. The summed E-state index contributed by atoms with van der Waals surface area (Å²) in [5.41, 5.74) is 1.03. The van der Waals surface area contributed by atoms with Crippen molar-refractivity contribution in [2.45, 2.75) is 24.8 Å². The average Bonchev–Trinajstić information content (AvgIpc) is 3.07. The van der Waals surface area contributed by atoms with Crippen molar-refractivity contribution in [2.24, 2.45) is 0 Å². The van der Waals surface area contributed by atoms with E-state index in [9.17, 15) is 0 Å². The van der Waals surface area contributed by atoms with Crippen LogP contribution in [0.3, 0.4) is 0 Å². The van der Waals surface area contributed by atoms with Crippen molar-refractivity contribution in [3.8, 4) is 17.2 Å². The molecule has 0 radical (unpaired) electrons. The lowest BCUT2D eigenvalue weighted by molar-refractivity contribution is -0.153. The summed E-state index contributed by atoms with van der Waals surface area (Å²) in [4.78, 5) is 2.19. The number of hydrogen-bond acceptors (Lipinski definition) is 7. The number of ether oxygens (including phenoxy) is 6. The van der Waals surface area contributed by atoms with Crippen molar-refractivity contribution in [2.75, 3.05) is 48.4 Å². The van der Waals surface area contributed by atoms with E-state index in [1.807, 2.05) is 19.2 Å². The molecule has 1 fully saturated rings. The third-order valence-corrected chi connectivity index (χ3v) is 4.65. The lowest BCUT2D eigenvalue weighted by atomic mass is 10.0. The molecule has 7 nitrogen and oxygen atoms in total. The van der Waals surface area contributed by atoms with Gasteiger partial charge in [-0.3, -0.25) is 4.90 Å². The minimum Gasteiger partial charge on any atom is -0.496 e. The van der Waals surface area contributed by atoms with Crippen LogP contribution in [0.25, 0.3) is 0 Å². The predicted molar refractivity (Wildman–Crippen MR) is 86.8 cm³/mol. The van der Waals surface area contributed by atoms with Crippen LogP contribution in [0.5, 0.6) is 17.2 Å². The second-order valence-corrected chi connectivity index (χ2v) is 6.01. The van der Waals surface area contributed by atoms with E-state index in [1.165, 1.54) is 0 Å². The Hall–Kier alpha value is -1.54. The zero-order valence-corrected chi connectivity index (χ0v) is 14.6. The first-order chi connectivity index (χ1) is 11.7. The fourth-order valence-corrected chi connectivity index (χ4v) is 3.30. The van der Waals surface area contributed by atoms with E-state index in [2.05, 4.69) is 4.90 Å². The first-order valence-corrected chi connectivity index (χ1v) is 7.98. The van der Waals surface area contributed by atoms with Crippen molar-refractivity contribution in [1.29, 1.82) is 0 Å². The third-order valence-electron chi connectivity index (χ3n) is 4.65. The van der Waals surface area contributed by atoms with Crippen molar-refractivity contribution in [3.05, 3.63) is 17.7 Å². The molecule has 0 unspecified atom stereocenters. The van der Waals surface area contributed by atoms with Gasteiger partial charge in [0.25, 0.3) is 0 Å². The maximum Gasteiger partial charge on any atom is 0.231 e. The highest BCUT2D eigenvalue weighted by atomic mass is 16.7. The minimum absolute atomic E-state index is 0.0474. The van der Waals surface area contributed by atoms with Crippen LogP contribution in [0, 0.1) is 0 Å². The molecule has 7 heteroatoms. The lowest BCUT2D eigenvalue weighted by Crippen LogP contribution is -2.56. The number of nitrogens with zero attached hydrogens (tertiary/aromatic N) is 1. The Balaban J connectivity index is 1.77. The molecule has 3 rings (SSSR count). The predicted octanol–water partition coefficient (Wildman–Crippen LogP) is 1.28. The summed E-state index contributed by atoms with van der Waals surface area (Å²) in [6.07, 6.45) is -0.122. The van der Waals surface area contributed by atoms with E-state index in [-0.39, 0.29) is 25.0 Å². The van der Waals surface area contributed by atoms with Crippen molar-refractivity contribution < 1.29 is 28.4 Å². The zero-order chi connectivity index (χ0) is 17.1. The standard InChI is InChI=1S/C17H25NO6/c1-18(12-8-22-9-16(20-3)17(12)21-4)7-11-5-14-15(24-10-23-14)6-13(11)19-2/h5-6,12,16-17H,7-10H2,1-4H3/t12-,16-,17+/m1/s1. The molecule has 0 aromatic heterocycles. The molecule has 2 heterocycles. The van der Waals surface area contributed by atoms with Crippen molar-refractivity contribution in [3.63, 3.8) is 0 Å². The van der Waals surface area contributed by atoms with Crippen molar-refractivity contribution in [1.82, 2.24) is 4.90 Å². The number of benzene rings is 1. The molecule has 2 aliphatic heterocycles. The Morgan fingerprint density at radius 2 is 1.83 bits per heavy atom. The van der Waals surface area contributed by atoms with Crippen LogP contribution in [-0.2, 0) is 20.8 Å². The largest absolute Gasteiger partial charge is 0.496 e. The van der Waals surface area contributed by atoms with E-state index in [0.717, 1.165) is 17.1 Å². The fourth-order valence-electron chi connectivity index (χ4n) is 3.30. The van der Waals surface area contributed by atoms with Gasteiger partial charge in [0, 0.05) is 32.4 Å². The van der Waals surface area contributed by atoms with Gasteiger partial charge < -0.3 is 28.4 Å². The Kier molecular flexibility index (Phi) is 5.45. The summed E-state index contributed by atoms with van der Waals surface area (Å²) >= 11 is 0. The van der Waals surface area contributed by atoms with Crippen LogP contribution in [0.1, 0.15) is 5.56 Å². The lowest BCUT2D eigenvalue weighted by Gasteiger charge is -2.40. The number of likely N-dealkylation sites (N-methyl/N-ethyl adjacent to an activating group) is 1. The van der Waals surface area contributed by atoms with E-state index < -0.39 is 0 Å². The molecule has 0 amide bonds. The summed E-state index contributed by atoms with van der Waals surface area (Å²) in [5, 5.41) is 0. The Morgan fingerprint density at radius 3 is 2.50 bits per heavy atom. The normalized spacial score (nSPS) is 26.0. The summed E-state index contributed by atoms with van der Waals surface area (Å²) in [7, 11) is 7.10. The fraction of sp³-hybridized carbons (Fsp3) is 0.647. The van der Waals surface area contributed by atoms with Gasteiger partial charge in [-0.15, -0.1) is 0 Å². The molecule has 0 aliphatic carbocycles. The Morgan fingerprint density at radius 1 is 1.08 bits per heavy atom. The van der Waals surface area contributed by atoms with Crippen LogP contribution < -0.4 is 14.2 Å². The number of methoxy groups -OCH3 is 3. The minimum atomic E-state index is -0.0742. The Bertz CT molecular complexity index is 566. The quantitative estimate of drug-likeness (QED) is 0.774. The molecule has 2 aliphatic rings. The topological polar surface area (TPSA) is 58.6 Å². The van der Waals surface area contributed by atoms with Gasteiger partial charge >= 0.3 is 0 Å². The van der Waals surface area contributed by atoms with Crippen LogP contribution in [-0.4, -0.2) is 71.5 Å². The average molecular weight is 339 g/mol. The molecular formula is C17H25NO6. The van der Waals surface area contributed by atoms with Crippen molar-refractivity contribution >= 4 is 0 Å². The van der Waals surface area contributed by atoms with E-state index >= 15 is 0 Å². The first-order valence-electron chi connectivity index (χ1n) is 7.98. The van der Waals surface area contributed by atoms with Gasteiger partial charge in [0.1, 0.15) is 18.0 Å². The zero-order valence-electron chi connectivity index (χ0n) is 14.6. The van der Waals surface area contributed by atoms with Gasteiger partial charge in [-0.25, -0.2) is 0 Å². The summed E-state index contributed by atoms with van der Waals surface area (Å²) < 4.78 is 33.2. The first kappa shape index (κ1) is 17.3. The second kappa shape index (κ2) is 7.57. The van der Waals surface area contributed by atoms with Crippen LogP contribution in [0.15, 0.2) is 12.1 Å². The number of hydrogen-bond donors (Lipinski definition) is 0. The molecular weight excluding hydrogens is 314 g/mol. The molecule has 134 valence electrons. The van der Waals surface area contributed by atoms with E-state index in [1.54, 1.807) is 21.3 Å². The molecule has 0 N–H and O–H groups in total. The van der Waals surface area contributed by atoms with Crippen LogP contribution in [0.4, 0.5) is 0 Å². The van der Waals surface area contributed by atoms with Gasteiger partial charge in [-0.1, -0.05) is 0 Å². The molecule has 1 aromatic rings. The maximum atomic E-state index is 5.68. The molecule has 0 saturated carbocycles. The summed E-state index contributed by atoms with van der Waals surface area (Å²) in [6, 6.07) is 3.93. The van der Waals surface area contributed by atoms with E-state index in [0.29, 0.717) is 25.5 Å². The van der Waals surface area contributed by atoms with Gasteiger partial charge in [-0.05, 0) is 13.1 Å².